The summed E-state index contributed by atoms with van der Waals surface area (Å²) in [5.41, 5.74) is 0.00985. The Bertz CT molecular complexity index is 1640. The normalized spacial score (nSPS) is 12.9. The molecule has 370 valence electrons. The van der Waals surface area contributed by atoms with E-state index in [0.717, 1.165) is 103 Å². The number of hydrogen-bond donors (Lipinski definition) is 0. The fourth-order valence-electron chi connectivity index (χ4n) is 7.45. The van der Waals surface area contributed by atoms with Gasteiger partial charge in [0.1, 0.15) is 11.5 Å². The van der Waals surface area contributed by atoms with Crippen LogP contribution in [0.15, 0.2) is 36.4 Å². The van der Waals surface area contributed by atoms with E-state index >= 15 is 0 Å². The molecule has 0 aliphatic heterocycles. The van der Waals surface area contributed by atoms with Crippen molar-refractivity contribution >= 4 is 35.8 Å². The van der Waals surface area contributed by atoms with Gasteiger partial charge in [0.05, 0.1) is 48.7 Å². The van der Waals surface area contributed by atoms with Crippen LogP contribution in [0.2, 0.25) is 0 Å². The molecule has 0 fully saturated rings. The number of rotatable bonds is 35. The van der Waals surface area contributed by atoms with E-state index in [1.54, 1.807) is 0 Å². The highest BCUT2D eigenvalue weighted by molar-refractivity contribution is 6.04. The molecule has 12 heteroatoms. The summed E-state index contributed by atoms with van der Waals surface area (Å²) in [6.07, 6.45) is 15.8. The lowest BCUT2D eigenvalue weighted by Gasteiger charge is -2.17. The van der Waals surface area contributed by atoms with Crippen LogP contribution in [0, 0.1) is 23.7 Å². The zero-order chi connectivity index (χ0) is 48.7. The van der Waals surface area contributed by atoms with Gasteiger partial charge in [-0.05, 0) is 98.6 Å². The Balaban J connectivity index is 2.12. The standard InChI is InChI=1S/C54H82O12/c1-9-17-23-39(13-5)35-61-51(57)45-31-29-43(33-47(45)53(59)63-37-41(15-7)25-19-11-3)65-49(55)27-21-22-28-50(56)66-44-30-32-46(52(58)62-36-40(14-6)24-18-10-2)48(34-44)54(60)64-38-42(16-8)26-20-12-4/h29-34,39-42H,9-28,35-38H2,1-8H3. The lowest BCUT2D eigenvalue weighted by Crippen LogP contribution is -2.20. The molecule has 2 aromatic carbocycles. The van der Waals surface area contributed by atoms with Crippen molar-refractivity contribution in [1.82, 2.24) is 0 Å². The third kappa shape index (κ3) is 21.7. The molecule has 2 rings (SSSR count). The molecule has 0 amide bonds. The second-order valence-electron chi connectivity index (χ2n) is 17.6. The van der Waals surface area contributed by atoms with Crippen molar-refractivity contribution < 1.29 is 57.2 Å². The van der Waals surface area contributed by atoms with E-state index in [2.05, 4.69) is 41.5 Å². The van der Waals surface area contributed by atoms with Gasteiger partial charge in [-0.15, -0.1) is 0 Å². The molecule has 4 unspecified atom stereocenters. The molecule has 0 aromatic heterocycles. The summed E-state index contributed by atoms with van der Waals surface area (Å²) in [6.45, 7) is 17.5. The molecule has 0 aliphatic carbocycles. The maximum atomic E-state index is 13.5. The van der Waals surface area contributed by atoms with Gasteiger partial charge in [0.15, 0.2) is 0 Å². The van der Waals surface area contributed by atoms with E-state index in [0.29, 0.717) is 0 Å². The summed E-state index contributed by atoms with van der Waals surface area (Å²) in [5, 5.41) is 0. The second-order valence-corrected chi connectivity index (χ2v) is 17.6. The summed E-state index contributed by atoms with van der Waals surface area (Å²) < 4.78 is 33.9. The van der Waals surface area contributed by atoms with Crippen LogP contribution in [0.25, 0.3) is 0 Å². The minimum Gasteiger partial charge on any atom is -0.462 e. The van der Waals surface area contributed by atoms with Gasteiger partial charge in [0.25, 0.3) is 0 Å². The first kappa shape index (κ1) is 57.4. The minimum absolute atomic E-state index is 0.0361. The fraction of sp³-hybridized carbons (Fsp3) is 0.667. The summed E-state index contributed by atoms with van der Waals surface area (Å²) >= 11 is 0. The molecule has 0 radical (unpaired) electrons. The zero-order valence-electron chi connectivity index (χ0n) is 41.6. The molecule has 0 N–H and O–H groups in total. The number of hydrogen-bond acceptors (Lipinski definition) is 12. The first-order valence-electron chi connectivity index (χ1n) is 25.3. The first-order chi connectivity index (χ1) is 31.9. The van der Waals surface area contributed by atoms with Crippen LogP contribution < -0.4 is 9.47 Å². The Hall–Kier alpha value is -4.74. The zero-order valence-corrected chi connectivity index (χ0v) is 41.6. The summed E-state index contributed by atoms with van der Waals surface area (Å²) in [7, 11) is 0. The highest BCUT2D eigenvalue weighted by Crippen LogP contribution is 2.26. The Morgan fingerprint density at radius 2 is 0.652 bits per heavy atom. The van der Waals surface area contributed by atoms with Gasteiger partial charge >= 0.3 is 35.8 Å². The van der Waals surface area contributed by atoms with E-state index in [-0.39, 0.29) is 110 Å². The van der Waals surface area contributed by atoms with E-state index < -0.39 is 35.8 Å². The highest BCUT2D eigenvalue weighted by atomic mass is 16.6. The van der Waals surface area contributed by atoms with Crippen LogP contribution in [-0.2, 0) is 28.5 Å². The number of ether oxygens (including phenoxy) is 6. The monoisotopic (exact) mass is 923 g/mol. The molecule has 66 heavy (non-hydrogen) atoms. The average Bonchev–Trinajstić information content (AvgIpc) is 3.32. The van der Waals surface area contributed by atoms with Gasteiger partial charge in [-0.25, -0.2) is 19.2 Å². The van der Waals surface area contributed by atoms with Gasteiger partial charge in [-0.1, -0.05) is 132 Å². The average molecular weight is 923 g/mol. The molecule has 0 bridgehead atoms. The van der Waals surface area contributed by atoms with Crippen molar-refractivity contribution in [3.8, 4) is 11.5 Å². The molecule has 4 atom stereocenters. The predicted molar refractivity (Wildman–Crippen MR) is 257 cm³/mol. The lowest BCUT2D eigenvalue weighted by molar-refractivity contribution is -0.136. The maximum absolute atomic E-state index is 13.5. The van der Waals surface area contributed by atoms with Gasteiger partial charge in [0, 0.05) is 12.8 Å². The van der Waals surface area contributed by atoms with Crippen molar-refractivity contribution in [3.63, 3.8) is 0 Å². The molecule has 0 spiro atoms. The topological polar surface area (TPSA) is 158 Å². The molecular formula is C54H82O12. The summed E-state index contributed by atoms with van der Waals surface area (Å²) in [6, 6.07) is 8.43. The smallest absolute Gasteiger partial charge is 0.339 e. The summed E-state index contributed by atoms with van der Waals surface area (Å²) in [4.78, 5) is 79.5. The maximum Gasteiger partial charge on any atom is 0.339 e. The minimum atomic E-state index is -0.694. The third-order valence-electron chi connectivity index (χ3n) is 12.3. The van der Waals surface area contributed by atoms with Gasteiger partial charge in [0.2, 0.25) is 0 Å². The van der Waals surface area contributed by atoms with Crippen molar-refractivity contribution in [2.24, 2.45) is 23.7 Å². The van der Waals surface area contributed by atoms with Crippen molar-refractivity contribution in [3.05, 3.63) is 58.7 Å². The number of esters is 6. The molecular weight excluding hydrogens is 841 g/mol. The van der Waals surface area contributed by atoms with Gasteiger partial charge in [-0.2, -0.15) is 0 Å². The van der Waals surface area contributed by atoms with Crippen LogP contribution in [0.1, 0.15) is 225 Å². The Kier molecular flexibility index (Phi) is 29.3. The Morgan fingerprint density at radius 3 is 0.909 bits per heavy atom. The SMILES string of the molecule is CCCCC(CC)COC(=O)c1ccc(OC(=O)CCCCC(=O)Oc2ccc(C(=O)OCC(CC)CCCC)c(C(=O)OCC(CC)CCCC)c2)cc1C(=O)OCC(CC)CCCC. The van der Waals surface area contributed by atoms with E-state index in [9.17, 15) is 28.8 Å². The van der Waals surface area contributed by atoms with Crippen molar-refractivity contribution in [2.45, 2.75) is 184 Å². The summed E-state index contributed by atoms with van der Waals surface area (Å²) in [5.74, 6) is -2.93. The molecule has 0 aliphatic rings. The van der Waals surface area contributed by atoms with Crippen molar-refractivity contribution in [2.75, 3.05) is 26.4 Å². The van der Waals surface area contributed by atoms with Crippen LogP contribution >= 0.6 is 0 Å². The second kappa shape index (κ2) is 33.7. The Labute approximate surface area is 395 Å². The van der Waals surface area contributed by atoms with Crippen LogP contribution in [0.4, 0.5) is 0 Å². The lowest BCUT2D eigenvalue weighted by atomic mass is 10.0. The molecule has 12 nitrogen and oxygen atoms in total. The van der Waals surface area contributed by atoms with Crippen LogP contribution in [0.3, 0.4) is 0 Å². The number of carbonyl (C=O) groups is 6. The molecule has 0 saturated heterocycles. The van der Waals surface area contributed by atoms with Gasteiger partial charge < -0.3 is 28.4 Å². The molecule has 0 saturated carbocycles. The van der Waals surface area contributed by atoms with Crippen LogP contribution in [0.5, 0.6) is 11.5 Å². The van der Waals surface area contributed by atoms with Gasteiger partial charge in [-0.3, -0.25) is 9.59 Å². The number of carbonyl (C=O) groups excluding carboxylic acids is 6. The molecule has 0 heterocycles. The Morgan fingerprint density at radius 1 is 0.379 bits per heavy atom. The van der Waals surface area contributed by atoms with E-state index in [4.69, 9.17) is 28.4 Å². The first-order valence-corrected chi connectivity index (χ1v) is 25.3. The fourth-order valence-corrected chi connectivity index (χ4v) is 7.45. The number of unbranched alkanes of at least 4 members (excludes halogenated alkanes) is 5. The largest absolute Gasteiger partial charge is 0.462 e. The quantitative estimate of drug-likeness (QED) is 0.0279. The number of benzene rings is 2. The van der Waals surface area contributed by atoms with E-state index in [1.165, 1.54) is 36.4 Å². The highest BCUT2D eigenvalue weighted by Gasteiger charge is 2.25. The predicted octanol–water partition coefficient (Wildman–Crippen LogP) is 13.3. The third-order valence-corrected chi connectivity index (χ3v) is 12.3. The van der Waals surface area contributed by atoms with Crippen LogP contribution in [-0.4, -0.2) is 62.2 Å². The van der Waals surface area contributed by atoms with E-state index in [1.807, 2.05) is 13.8 Å². The molecule has 2 aromatic rings. The van der Waals surface area contributed by atoms with Crippen molar-refractivity contribution in [1.29, 1.82) is 0 Å².